The SMILES string of the molecule is NC(CO)c1ccccc1OC(F)F. The first-order valence-corrected chi connectivity index (χ1v) is 4.05. The lowest BCUT2D eigenvalue weighted by Gasteiger charge is -2.14. The molecule has 0 aromatic heterocycles. The first kappa shape index (κ1) is 10.9. The number of nitrogens with two attached hydrogens (primary N) is 1. The predicted molar refractivity (Wildman–Crippen MR) is 47.1 cm³/mol. The Morgan fingerprint density at radius 2 is 2.00 bits per heavy atom. The van der Waals surface area contributed by atoms with E-state index in [2.05, 4.69) is 4.74 Å². The maximum absolute atomic E-state index is 11.9. The topological polar surface area (TPSA) is 55.5 Å². The largest absolute Gasteiger partial charge is 0.434 e. The van der Waals surface area contributed by atoms with Crippen LogP contribution in [0.2, 0.25) is 0 Å². The van der Waals surface area contributed by atoms with Crippen LogP contribution in [0, 0.1) is 0 Å². The second-order valence-electron chi connectivity index (χ2n) is 2.71. The molecular weight excluding hydrogens is 192 g/mol. The van der Waals surface area contributed by atoms with E-state index in [0.717, 1.165) is 0 Å². The lowest BCUT2D eigenvalue weighted by Crippen LogP contribution is -2.16. The summed E-state index contributed by atoms with van der Waals surface area (Å²) in [4.78, 5) is 0. The van der Waals surface area contributed by atoms with E-state index < -0.39 is 12.7 Å². The van der Waals surface area contributed by atoms with Crippen molar-refractivity contribution >= 4 is 0 Å². The Morgan fingerprint density at radius 1 is 1.36 bits per heavy atom. The summed E-state index contributed by atoms with van der Waals surface area (Å²) in [5.74, 6) is 0.00375. The van der Waals surface area contributed by atoms with Crippen LogP contribution in [0.15, 0.2) is 24.3 Å². The molecule has 14 heavy (non-hydrogen) atoms. The summed E-state index contributed by atoms with van der Waals surface area (Å²) in [5.41, 5.74) is 5.87. The second kappa shape index (κ2) is 4.88. The average molecular weight is 203 g/mol. The van der Waals surface area contributed by atoms with Gasteiger partial charge in [-0.25, -0.2) is 0 Å². The molecule has 1 unspecified atom stereocenters. The Labute approximate surface area is 80.1 Å². The molecule has 1 aromatic rings. The molecule has 1 atom stereocenters. The number of aliphatic hydroxyl groups is 1. The maximum Gasteiger partial charge on any atom is 0.387 e. The van der Waals surface area contributed by atoms with Crippen molar-refractivity contribution < 1.29 is 18.6 Å². The lowest BCUT2D eigenvalue weighted by atomic mass is 10.1. The first-order chi connectivity index (χ1) is 6.65. The molecule has 0 aliphatic heterocycles. The number of halogens is 2. The summed E-state index contributed by atoms with van der Waals surface area (Å²) < 4.78 is 28.1. The van der Waals surface area contributed by atoms with Gasteiger partial charge in [0.05, 0.1) is 12.6 Å². The Balaban J connectivity index is 2.91. The summed E-state index contributed by atoms with van der Waals surface area (Å²) >= 11 is 0. The minimum absolute atomic E-state index is 0.00375. The lowest BCUT2D eigenvalue weighted by molar-refractivity contribution is -0.0507. The summed E-state index contributed by atoms with van der Waals surface area (Å²) in [7, 11) is 0. The molecule has 3 N–H and O–H groups in total. The first-order valence-electron chi connectivity index (χ1n) is 4.05. The number of ether oxygens (including phenoxy) is 1. The number of aliphatic hydroxyl groups excluding tert-OH is 1. The van der Waals surface area contributed by atoms with E-state index in [1.54, 1.807) is 18.2 Å². The number of alkyl halides is 2. The summed E-state index contributed by atoms with van der Waals surface area (Å²) in [5, 5.41) is 8.78. The maximum atomic E-state index is 11.9. The van der Waals surface area contributed by atoms with Gasteiger partial charge in [-0.05, 0) is 6.07 Å². The molecule has 0 amide bonds. The van der Waals surface area contributed by atoms with Crippen molar-refractivity contribution in [3.05, 3.63) is 29.8 Å². The van der Waals surface area contributed by atoms with Crippen molar-refractivity contribution in [3.8, 4) is 5.75 Å². The van der Waals surface area contributed by atoms with Gasteiger partial charge in [0.15, 0.2) is 0 Å². The summed E-state index contributed by atoms with van der Waals surface area (Å²) in [6.45, 7) is -3.20. The normalized spacial score (nSPS) is 12.9. The fourth-order valence-corrected chi connectivity index (χ4v) is 1.09. The standard InChI is InChI=1S/C9H11F2NO2/c10-9(11)14-8-4-2-1-3-6(8)7(12)5-13/h1-4,7,9,13H,5,12H2. The van der Waals surface area contributed by atoms with Gasteiger partial charge < -0.3 is 15.6 Å². The average Bonchev–Trinajstić information content (AvgIpc) is 2.16. The molecule has 0 radical (unpaired) electrons. The number of rotatable bonds is 4. The van der Waals surface area contributed by atoms with Crippen LogP contribution in [-0.2, 0) is 0 Å². The van der Waals surface area contributed by atoms with E-state index in [1.807, 2.05) is 0 Å². The smallest absolute Gasteiger partial charge is 0.387 e. The second-order valence-corrected chi connectivity index (χ2v) is 2.71. The van der Waals surface area contributed by atoms with E-state index in [-0.39, 0.29) is 12.4 Å². The highest BCUT2D eigenvalue weighted by atomic mass is 19.3. The van der Waals surface area contributed by atoms with Gasteiger partial charge in [-0.1, -0.05) is 18.2 Å². The third kappa shape index (κ3) is 2.65. The zero-order valence-electron chi connectivity index (χ0n) is 7.36. The highest BCUT2D eigenvalue weighted by Gasteiger charge is 2.13. The van der Waals surface area contributed by atoms with Gasteiger partial charge in [-0.3, -0.25) is 0 Å². The molecule has 0 saturated carbocycles. The molecule has 5 heteroatoms. The zero-order valence-corrected chi connectivity index (χ0v) is 7.36. The number of hydrogen-bond acceptors (Lipinski definition) is 3. The van der Waals surface area contributed by atoms with Crippen molar-refractivity contribution in [2.75, 3.05) is 6.61 Å². The van der Waals surface area contributed by atoms with Crippen LogP contribution in [0.25, 0.3) is 0 Å². The fourth-order valence-electron chi connectivity index (χ4n) is 1.09. The Morgan fingerprint density at radius 3 is 2.57 bits per heavy atom. The van der Waals surface area contributed by atoms with Crippen LogP contribution in [0.1, 0.15) is 11.6 Å². The van der Waals surface area contributed by atoms with Crippen LogP contribution in [-0.4, -0.2) is 18.3 Å². The van der Waals surface area contributed by atoms with E-state index >= 15 is 0 Å². The van der Waals surface area contributed by atoms with Gasteiger partial charge in [0.1, 0.15) is 5.75 Å². The third-order valence-electron chi connectivity index (χ3n) is 1.73. The molecule has 1 rings (SSSR count). The molecule has 0 aliphatic carbocycles. The molecule has 1 aromatic carbocycles. The summed E-state index contributed by atoms with van der Waals surface area (Å²) in [6, 6.07) is 5.43. The van der Waals surface area contributed by atoms with Crippen molar-refractivity contribution in [1.29, 1.82) is 0 Å². The fraction of sp³-hybridized carbons (Fsp3) is 0.333. The van der Waals surface area contributed by atoms with Crippen LogP contribution in [0.5, 0.6) is 5.75 Å². The molecular formula is C9H11F2NO2. The quantitative estimate of drug-likeness (QED) is 0.775. The molecule has 0 saturated heterocycles. The molecule has 0 heterocycles. The number of benzene rings is 1. The highest BCUT2D eigenvalue weighted by molar-refractivity contribution is 5.35. The van der Waals surface area contributed by atoms with Gasteiger partial charge in [0.2, 0.25) is 0 Å². The predicted octanol–water partition coefficient (Wildman–Crippen LogP) is 1.28. The van der Waals surface area contributed by atoms with Crippen molar-refractivity contribution in [1.82, 2.24) is 0 Å². The number of hydrogen-bond donors (Lipinski definition) is 2. The molecule has 3 nitrogen and oxygen atoms in total. The van der Waals surface area contributed by atoms with Crippen molar-refractivity contribution in [2.45, 2.75) is 12.7 Å². The van der Waals surface area contributed by atoms with Crippen LogP contribution < -0.4 is 10.5 Å². The van der Waals surface area contributed by atoms with E-state index in [9.17, 15) is 8.78 Å². The van der Waals surface area contributed by atoms with Gasteiger partial charge >= 0.3 is 6.61 Å². The molecule has 0 fully saturated rings. The minimum atomic E-state index is -2.89. The Bertz CT molecular complexity index is 294. The van der Waals surface area contributed by atoms with Gasteiger partial charge in [-0.2, -0.15) is 8.78 Å². The van der Waals surface area contributed by atoms with E-state index in [0.29, 0.717) is 5.56 Å². The molecule has 0 bridgehead atoms. The minimum Gasteiger partial charge on any atom is -0.434 e. The van der Waals surface area contributed by atoms with E-state index in [1.165, 1.54) is 6.07 Å². The Hall–Kier alpha value is -1.20. The van der Waals surface area contributed by atoms with Crippen molar-refractivity contribution in [3.63, 3.8) is 0 Å². The van der Waals surface area contributed by atoms with Crippen LogP contribution in [0.4, 0.5) is 8.78 Å². The highest BCUT2D eigenvalue weighted by Crippen LogP contribution is 2.24. The third-order valence-corrected chi connectivity index (χ3v) is 1.73. The zero-order chi connectivity index (χ0) is 10.6. The number of para-hydroxylation sites is 1. The van der Waals surface area contributed by atoms with Crippen LogP contribution >= 0.6 is 0 Å². The van der Waals surface area contributed by atoms with E-state index in [4.69, 9.17) is 10.8 Å². The van der Waals surface area contributed by atoms with Crippen LogP contribution in [0.3, 0.4) is 0 Å². The monoisotopic (exact) mass is 203 g/mol. The molecule has 0 spiro atoms. The van der Waals surface area contributed by atoms with Crippen molar-refractivity contribution in [2.24, 2.45) is 5.73 Å². The molecule has 0 aliphatic rings. The van der Waals surface area contributed by atoms with Gasteiger partial charge in [-0.15, -0.1) is 0 Å². The summed E-state index contributed by atoms with van der Waals surface area (Å²) in [6.07, 6.45) is 0. The van der Waals surface area contributed by atoms with Gasteiger partial charge in [0, 0.05) is 5.56 Å². The Kier molecular flexibility index (Phi) is 3.79. The van der Waals surface area contributed by atoms with Gasteiger partial charge in [0.25, 0.3) is 0 Å². The molecule has 78 valence electrons.